The summed E-state index contributed by atoms with van der Waals surface area (Å²) in [4.78, 5) is 16.4. The second-order valence-corrected chi connectivity index (χ2v) is 5.02. The molecule has 1 atom stereocenters. The molecule has 0 spiro atoms. The van der Waals surface area contributed by atoms with Gasteiger partial charge in [0.05, 0.1) is 0 Å². The fourth-order valence-corrected chi connectivity index (χ4v) is 2.54. The summed E-state index contributed by atoms with van der Waals surface area (Å²) in [5.74, 6) is 0.264. The quantitative estimate of drug-likeness (QED) is 0.660. The number of ether oxygens (including phenoxy) is 1. The first-order valence-electron chi connectivity index (χ1n) is 7.52. The first-order chi connectivity index (χ1) is 9.22. The maximum absolute atomic E-state index is 12.0. The Bertz CT molecular complexity index is 249. The number of rotatable bonds is 8. The van der Waals surface area contributed by atoms with Crippen molar-refractivity contribution in [3.63, 3.8) is 0 Å². The Morgan fingerprint density at radius 2 is 1.95 bits per heavy atom. The number of carbonyl (C=O) groups excluding carboxylic acids is 1. The molecule has 1 heterocycles. The maximum atomic E-state index is 12.0. The second kappa shape index (κ2) is 9.28. The Morgan fingerprint density at radius 1 is 1.26 bits per heavy atom. The molecule has 1 saturated heterocycles. The van der Waals surface area contributed by atoms with Crippen molar-refractivity contribution in [3.8, 4) is 0 Å². The molecule has 0 saturated carbocycles. The number of hydrogen-bond acceptors (Lipinski definition) is 4. The van der Waals surface area contributed by atoms with Crippen molar-refractivity contribution in [2.24, 2.45) is 5.73 Å². The van der Waals surface area contributed by atoms with Crippen molar-refractivity contribution < 1.29 is 9.53 Å². The summed E-state index contributed by atoms with van der Waals surface area (Å²) in [6.07, 6.45) is 2.51. The van der Waals surface area contributed by atoms with E-state index in [1.165, 1.54) is 0 Å². The van der Waals surface area contributed by atoms with E-state index in [2.05, 4.69) is 11.8 Å². The molecule has 1 aliphatic heterocycles. The van der Waals surface area contributed by atoms with Gasteiger partial charge in [0.15, 0.2) is 0 Å². The van der Waals surface area contributed by atoms with E-state index in [0.717, 1.165) is 45.6 Å². The van der Waals surface area contributed by atoms with Crippen LogP contribution in [-0.4, -0.2) is 67.7 Å². The minimum absolute atomic E-state index is 0.264. The molecule has 1 rings (SSSR count). The average molecular weight is 271 g/mol. The highest BCUT2D eigenvalue weighted by Crippen LogP contribution is 2.10. The fraction of sp³-hybridized carbons (Fsp3) is 0.929. The summed E-state index contributed by atoms with van der Waals surface area (Å²) in [6, 6.07) is 0.468. The number of nitrogens with two attached hydrogens (primary N) is 1. The van der Waals surface area contributed by atoms with Gasteiger partial charge in [0, 0.05) is 58.4 Å². The minimum atomic E-state index is 0.264. The third-order valence-corrected chi connectivity index (χ3v) is 3.81. The molecule has 1 aliphatic rings. The molecule has 0 aliphatic carbocycles. The van der Waals surface area contributed by atoms with Crippen LogP contribution < -0.4 is 5.73 Å². The van der Waals surface area contributed by atoms with E-state index in [4.69, 9.17) is 10.5 Å². The Hall–Kier alpha value is -0.650. The van der Waals surface area contributed by atoms with E-state index in [1.54, 1.807) is 0 Å². The van der Waals surface area contributed by atoms with Crippen molar-refractivity contribution in [2.75, 3.05) is 45.9 Å². The molecule has 0 aromatic rings. The van der Waals surface area contributed by atoms with Gasteiger partial charge in [-0.05, 0) is 19.8 Å². The molecule has 1 unspecified atom stereocenters. The summed E-state index contributed by atoms with van der Waals surface area (Å²) in [7, 11) is 0. The van der Waals surface area contributed by atoms with Gasteiger partial charge < -0.3 is 15.4 Å². The van der Waals surface area contributed by atoms with Gasteiger partial charge in [0.2, 0.25) is 5.91 Å². The topological polar surface area (TPSA) is 58.8 Å². The Balaban J connectivity index is 2.23. The monoisotopic (exact) mass is 271 g/mol. The summed E-state index contributed by atoms with van der Waals surface area (Å²) >= 11 is 0. The van der Waals surface area contributed by atoms with Gasteiger partial charge in [-0.15, -0.1) is 0 Å². The Kier molecular flexibility index (Phi) is 8.02. The number of amides is 1. The predicted octanol–water partition coefficient (Wildman–Crippen LogP) is 0.685. The van der Waals surface area contributed by atoms with Gasteiger partial charge in [0.25, 0.3) is 0 Å². The zero-order chi connectivity index (χ0) is 14.1. The lowest BCUT2D eigenvalue weighted by molar-refractivity contribution is -0.133. The average Bonchev–Trinajstić information content (AvgIpc) is 2.45. The molecule has 0 aromatic carbocycles. The SMILES string of the molecule is CCOCCCC(=O)N1CCN(C(CC)CN)CC1. The maximum Gasteiger partial charge on any atom is 0.222 e. The number of piperazine rings is 1. The van der Waals surface area contributed by atoms with E-state index in [1.807, 2.05) is 11.8 Å². The predicted molar refractivity (Wildman–Crippen MR) is 77.0 cm³/mol. The molecular weight excluding hydrogens is 242 g/mol. The zero-order valence-electron chi connectivity index (χ0n) is 12.4. The highest BCUT2D eigenvalue weighted by molar-refractivity contribution is 5.76. The summed E-state index contributed by atoms with van der Waals surface area (Å²) < 4.78 is 5.26. The first-order valence-corrected chi connectivity index (χ1v) is 7.52. The van der Waals surface area contributed by atoms with Gasteiger partial charge in [-0.2, -0.15) is 0 Å². The molecular formula is C14H29N3O2. The van der Waals surface area contributed by atoms with Crippen LogP contribution in [0, 0.1) is 0 Å². The molecule has 0 aromatic heterocycles. The van der Waals surface area contributed by atoms with Crippen molar-refractivity contribution in [1.82, 2.24) is 9.80 Å². The molecule has 0 bridgehead atoms. The van der Waals surface area contributed by atoms with E-state index in [-0.39, 0.29) is 5.91 Å². The van der Waals surface area contributed by atoms with Crippen LogP contribution >= 0.6 is 0 Å². The number of carbonyl (C=O) groups is 1. The first kappa shape index (κ1) is 16.4. The van der Waals surface area contributed by atoms with Crippen LogP contribution in [0.2, 0.25) is 0 Å². The van der Waals surface area contributed by atoms with Crippen LogP contribution in [0.5, 0.6) is 0 Å². The van der Waals surface area contributed by atoms with Crippen LogP contribution in [0.3, 0.4) is 0 Å². The molecule has 1 amide bonds. The Labute approximate surface area is 117 Å². The van der Waals surface area contributed by atoms with Crippen LogP contribution in [0.1, 0.15) is 33.1 Å². The molecule has 2 N–H and O–H groups in total. The molecule has 1 fully saturated rings. The van der Waals surface area contributed by atoms with Gasteiger partial charge in [0.1, 0.15) is 0 Å². The van der Waals surface area contributed by atoms with Crippen LogP contribution in [-0.2, 0) is 9.53 Å². The van der Waals surface area contributed by atoms with Crippen LogP contribution in [0.25, 0.3) is 0 Å². The smallest absolute Gasteiger partial charge is 0.222 e. The summed E-state index contributed by atoms with van der Waals surface area (Å²) in [5, 5.41) is 0. The minimum Gasteiger partial charge on any atom is -0.382 e. The Morgan fingerprint density at radius 3 is 2.47 bits per heavy atom. The summed E-state index contributed by atoms with van der Waals surface area (Å²) in [6.45, 7) is 9.84. The van der Waals surface area contributed by atoms with E-state index in [0.29, 0.717) is 25.6 Å². The molecule has 5 nitrogen and oxygen atoms in total. The second-order valence-electron chi connectivity index (χ2n) is 5.02. The lowest BCUT2D eigenvalue weighted by atomic mass is 10.1. The van der Waals surface area contributed by atoms with E-state index < -0.39 is 0 Å². The van der Waals surface area contributed by atoms with E-state index in [9.17, 15) is 4.79 Å². The lowest BCUT2D eigenvalue weighted by Crippen LogP contribution is -2.53. The van der Waals surface area contributed by atoms with Gasteiger partial charge in [-0.3, -0.25) is 9.69 Å². The molecule has 0 radical (unpaired) electrons. The van der Waals surface area contributed by atoms with Crippen molar-refractivity contribution in [1.29, 1.82) is 0 Å². The molecule has 19 heavy (non-hydrogen) atoms. The van der Waals surface area contributed by atoms with Gasteiger partial charge in [-0.1, -0.05) is 6.92 Å². The number of hydrogen-bond donors (Lipinski definition) is 1. The van der Waals surface area contributed by atoms with E-state index >= 15 is 0 Å². The van der Waals surface area contributed by atoms with Gasteiger partial charge in [-0.25, -0.2) is 0 Å². The molecule has 112 valence electrons. The lowest BCUT2D eigenvalue weighted by Gasteiger charge is -2.38. The summed E-state index contributed by atoms with van der Waals surface area (Å²) in [5.41, 5.74) is 5.77. The van der Waals surface area contributed by atoms with Crippen molar-refractivity contribution in [3.05, 3.63) is 0 Å². The highest BCUT2D eigenvalue weighted by atomic mass is 16.5. The standard InChI is InChI=1S/C14H29N3O2/c1-3-13(12-15)16-7-9-17(10-8-16)14(18)6-5-11-19-4-2/h13H,3-12,15H2,1-2H3. The van der Waals surface area contributed by atoms with Crippen molar-refractivity contribution >= 4 is 5.91 Å². The highest BCUT2D eigenvalue weighted by Gasteiger charge is 2.24. The van der Waals surface area contributed by atoms with Crippen LogP contribution in [0.4, 0.5) is 0 Å². The van der Waals surface area contributed by atoms with Gasteiger partial charge >= 0.3 is 0 Å². The normalized spacial score (nSPS) is 18.6. The largest absolute Gasteiger partial charge is 0.382 e. The molecule has 5 heteroatoms. The number of nitrogens with zero attached hydrogens (tertiary/aromatic N) is 2. The zero-order valence-corrected chi connectivity index (χ0v) is 12.4. The van der Waals surface area contributed by atoms with Crippen LogP contribution in [0.15, 0.2) is 0 Å². The van der Waals surface area contributed by atoms with Crippen molar-refractivity contribution in [2.45, 2.75) is 39.2 Å². The third-order valence-electron chi connectivity index (χ3n) is 3.81. The fourth-order valence-electron chi connectivity index (χ4n) is 2.54. The third kappa shape index (κ3) is 5.47.